The van der Waals surface area contributed by atoms with Crippen molar-refractivity contribution in [3.05, 3.63) is 0 Å². The van der Waals surface area contributed by atoms with Gasteiger partial charge in [0, 0.05) is 0 Å². The van der Waals surface area contributed by atoms with Gasteiger partial charge in [-0.25, -0.2) is 8.78 Å². The number of hydrogen-bond donors (Lipinski definition) is 0. The van der Waals surface area contributed by atoms with Crippen molar-refractivity contribution in [1.82, 2.24) is 0 Å². The van der Waals surface area contributed by atoms with Crippen molar-refractivity contribution in [2.24, 2.45) is 0 Å². The third kappa shape index (κ3) is 19.1. The van der Waals surface area contributed by atoms with Crippen LogP contribution in [0, 0.1) is 0 Å². The number of rotatable bonds is 0. The van der Waals surface area contributed by atoms with Crippen LogP contribution in [0.2, 0.25) is 0 Å². The predicted molar refractivity (Wildman–Crippen MR) is 21.4 cm³/mol. The van der Waals surface area contributed by atoms with Crippen LogP contribution in [-0.4, -0.2) is 110 Å². The summed E-state index contributed by atoms with van der Waals surface area (Å²) >= 11 is 0. The molecule has 0 rings (SSSR count). The predicted octanol–water partition coefficient (Wildman–Crippen LogP) is -0.414. The minimum atomic E-state index is -1.75. The molecule has 24 valence electrons. The van der Waals surface area contributed by atoms with E-state index in [0.29, 0.717) is 0 Å². The van der Waals surface area contributed by atoms with Crippen LogP contribution in [0.1, 0.15) is 0 Å². The third-order valence-corrected chi connectivity index (χ3v) is 0. The monoisotopic (exact) mass is 132 g/mol. The molecule has 0 aliphatic heterocycles. The summed E-state index contributed by atoms with van der Waals surface area (Å²) in [6.45, 7) is -1.75. The van der Waals surface area contributed by atoms with Gasteiger partial charge in [0.25, 0.3) is 0 Å². The molecule has 0 spiro atoms. The summed E-state index contributed by atoms with van der Waals surface area (Å²) in [7, 11) is 0. The molecule has 0 nitrogen and oxygen atoms in total. The van der Waals surface area contributed by atoms with Crippen molar-refractivity contribution < 1.29 is 8.78 Å². The van der Waals surface area contributed by atoms with E-state index < -0.39 is 6.93 Å². The summed E-state index contributed by atoms with van der Waals surface area (Å²) in [5.74, 6) is 0. The zero-order valence-corrected chi connectivity index (χ0v) is 1.46. The fourth-order valence-electron chi connectivity index (χ4n) is 0. The van der Waals surface area contributed by atoms with Crippen molar-refractivity contribution in [3.8, 4) is 0 Å². The molecule has 0 unspecified atom stereocenters. The maximum absolute atomic E-state index is 9.62. The minimum absolute atomic E-state index is 0. The van der Waals surface area contributed by atoms with Gasteiger partial charge in [0.1, 0.15) is 0 Å². The second kappa shape index (κ2) is 15.7. The van der Waals surface area contributed by atoms with E-state index in [0.717, 1.165) is 0 Å². The first kappa shape index (κ1) is 15.7. The molecule has 0 heterocycles. The van der Waals surface area contributed by atoms with E-state index in [1.165, 1.54) is 0 Å². The molecule has 0 fully saturated rings. The molecule has 0 atom stereocenters. The van der Waals surface area contributed by atoms with E-state index in [-0.39, 0.29) is 103 Å². The molecule has 0 aliphatic carbocycles. The molecule has 5 heavy (non-hydrogen) atoms. The normalized spacial score (nSPS) is 3.60. The molecule has 0 aromatic carbocycles. The molecule has 0 saturated carbocycles. The molecular formula is CH4F2K2. The molecule has 0 aromatic rings. The first-order valence-electron chi connectivity index (χ1n) is 0.535. The van der Waals surface area contributed by atoms with E-state index in [1.807, 2.05) is 0 Å². The fourth-order valence-corrected chi connectivity index (χ4v) is 0. The molecule has 0 aromatic heterocycles. The second-order valence-corrected chi connectivity index (χ2v) is 0.101. The van der Waals surface area contributed by atoms with Crippen molar-refractivity contribution in [2.75, 3.05) is 6.93 Å². The van der Waals surface area contributed by atoms with Crippen LogP contribution in [0.15, 0.2) is 0 Å². The molecule has 0 aliphatic rings. The van der Waals surface area contributed by atoms with Crippen LogP contribution < -0.4 is 0 Å². The molecule has 0 N–H and O–H groups in total. The fraction of sp³-hybridized carbons (Fsp3) is 1.00. The quantitative estimate of drug-likeness (QED) is 0.393. The topological polar surface area (TPSA) is 0 Å². The van der Waals surface area contributed by atoms with Gasteiger partial charge in [0.15, 0.2) is 0 Å². The van der Waals surface area contributed by atoms with E-state index in [2.05, 4.69) is 0 Å². The Morgan fingerprint density at radius 1 is 1.00 bits per heavy atom. The molecule has 0 saturated heterocycles. The number of hydrogen-bond acceptors (Lipinski definition) is 0. The summed E-state index contributed by atoms with van der Waals surface area (Å²) in [6, 6.07) is 0. The van der Waals surface area contributed by atoms with Gasteiger partial charge in [-0.05, 0) is 0 Å². The Hall–Kier alpha value is 3.13. The molecule has 0 amide bonds. The van der Waals surface area contributed by atoms with Crippen LogP contribution in [0.25, 0.3) is 0 Å². The third-order valence-electron chi connectivity index (χ3n) is 0. The number of halogens is 2. The van der Waals surface area contributed by atoms with Gasteiger partial charge in [0.2, 0.25) is 6.93 Å². The van der Waals surface area contributed by atoms with Gasteiger partial charge in [-0.3, -0.25) is 0 Å². The van der Waals surface area contributed by atoms with Crippen molar-refractivity contribution in [2.45, 2.75) is 0 Å². The summed E-state index contributed by atoms with van der Waals surface area (Å²) in [4.78, 5) is 0. The maximum atomic E-state index is 9.62. The Kier molecular flexibility index (Phi) is 49.3. The first-order valence-corrected chi connectivity index (χ1v) is 0.535. The Morgan fingerprint density at radius 3 is 1.00 bits per heavy atom. The zero-order valence-electron chi connectivity index (χ0n) is 1.46. The summed E-state index contributed by atoms with van der Waals surface area (Å²) in [5.41, 5.74) is 0. The van der Waals surface area contributed by atoms with Gasteiger partial charge in [-0.1, -0.05) is 0 Å². The van der Waals surface area contributed by atoms with E-state index in [1.54, 1.807) is 0 Å². The standard InChI is InChI=1S/CH2F2.2K.2H/c2-1-3;;;;/h1H2;;;;. The van der Waals surface area contributed by atoms with Crippen LogP contribution in [-0.2, 0) is 0 Å². The van der Waals surface area contributed by atoms with Gasteiger partial charge in [-0.15, -0.1) is 0 Å². The van der Waals surface area contributed by atoms with Gasteiger partial charge >= 0.3 is 103 Å². The van der Waals surface area contributed by atoms with Crippen LogP contribution in [0.5, 0.6) is 0 Å². The average molecular weight is 132 g/mol. The van der Waals surface area contributed by atoms with Crippen LogP contribution in [0.4, 0.5) is 8.78 Å². The van der Waals surface area contributed by atoms with E-state index in [4.69, 9.17) is 0 Å². The molecule has 0 radical (unpaired) electrons. The van der Waals surface area contributed by atoms with Gasteiger partial charge < -0.3 is 0 Å². The Morgan fingerprint density at radius 2 is 1.00 bits per heavy atom. The van der Waals surface area contributed by atoms with Gasteiger partial charge in [0.05, 0.1) is 0 Å². The Labute approximate surface area is 115 Å². The molecular weight excluding hydrogens is 128 g/mol. The van der Waals surface area contributed by atoms with Crippen LogP contribution >= 0.6 is 0 Å². The summed E-state index contributed by atoms with van der Waals surface area (Å²) in [5, 5.41) is 0. The van der Waals surface area contributed by atoms with Crippen molar-refractivity contribution in [3.63, 3.8) is 0 Å². The Bertz CT molecular complexity index is 7.61. The zero-order chi connectivity index (χ0) is 2.71. The second-order valence-electron chi connectivity index (χ2n) is 0.101. The Balaban J connectivity index is -0.0000000200. The van der Waals surface area contributed by atoms with Crippen molar-refractivity contribution >= 4 is 103 Å². The number of alkyl halides is 2. The van der Waals surface area contributed by atoms with E-state index in [9.17, 15) is 8.78 Å². The average Bonchev–Trinajstić information content (AvgIpc) is 0.918. The molecule has 4 heteroatoms. The summed E-state index contributed by atoms with van der Waals surface area (Å²) in [6.07, 6.45) is 0. The first-order chi connectivity index (χ1) is 1.41. The van der Waals surface area contributed by atoms with Gasteiger partial charge in [-0.2, -0.15) is 0 Å². The SMILES string of the molecule is FCF.[KH].[KH]. The summed E-state index contributed by atoms with van der Waals surface area (Å²) < 4.78 is 19.2. The van der Waals surface area contributed by atoms with E-state index >= 15 is 0 Å². The van der Waals surface area contributed by atoms with Crippen LogP contribution in [0.3, 0.4) is 0 Å². The molecule has 0 bridgehead atoms. The van der Waals surface area contributed by atoms with Crippen molar-refractivity contribution in [1.29, 1.82) is 0 Å².